The minimum atomic E-state index is -4.69. The first-order chi connectivity index (χ1) is 15.3. The minimum Gasteiger partial charge on any atom is -0.497 e. The summed E-state index contributed by atoms with van der Waals surface area (Å²) in [7, 11) is 1.64. The molecule has 3 aromatic rings. The minimum absolute atomic E-state index is 0.216. The van der Waals surface area contributed by atoms with Crippen LogP contribution in [0.4, 0.5) is 18.9 Å². The highest BCUT2D eigenvalue weighted by Crippen LogP contribution is 2.30. The Bertz CT molecular complexity index is 1040. The number of anilines is 1. The van der Waals surface area contributed by atoms with Crippen LogP contribution in [0.25, 0.3) is 11.1 Å². The van der Waals surface area contributed by atoms with Gasteiger partial charge in [0, 0.05) is 42.8 Å². The van der Waals surface area contributed by atoms with Gasteiger partial charge in [-0.05, 0) is 60.5 Å². The van der Waals surface area contributed by atoms with Gasteiger partial charge in [-0.1, -0.05) is 12.1 Å². The molecular formula is C24H24F3N3O2. The lowest BCUT2D eigenvalue weighted by Gasteiger charge is -2.22. The number of methoxy groups -OCH3 is 1. The molecule has 5 nitrogen and oxygen atoms in total. The summed E-state index contributed by atoms with van der Waals surface area (Å²) >= 11 is 0. The van der Waals surface area contributed by atoms with Crippen LogP contribution in [0.1, 0.15) is 12.5 Å². The average molecular weight is 443 g/mol. The van der Waals surface area contributed by atoms with Crippen molar-refractivity contribution in [3.05, 3.63) is 72.6 Å². The SMILES string of the molecule is COc1ccc(-c2cnccc2CN2CN(c3ccc(OC(F)(F)F)cc3)CC2C)cc1. The maximum Gasteiger partial charge on any atom is 0.573 e. The summed E-state index contributed by atoms with van der Waals surface area (Å²) in [4.78, 5) is 8.79. The topological polar surface area (TPSA) is 37.8 Å². The van der Waals surface area contributed by atoms with Crippen LogP contribution in [0.5, 0.6) is 11.5 Å². The molecule has 4 rings (SSSR count). The number of alkyl halides is 3. The Labute approximate surface area is 185 Å². The molecule has 0 bridgehead atoms. The first kappa shape index (κ1) is 22.0. The molecular weight excluding hydrogens is 419 g/mol. The first-order valence-corrected chi connectivity index (χ1v) is 10.2. The van der Waals surface area contributed by atoms with Gasteiger partial charge in [-0.15, -0.1) is 13.2 Å². The maximum absolute atomic E-state index is 12.4. The smallest absolute Gasteiger partial charge is 0.497 e. The van der Waals surface area contributed by atoms with Crippen LogP contribution in [-0.4, -0.2) is 42.6 Å². The Morgan fingerprint density at radius 1 is 1.00 bits per heavy atom. The van der Waals surface area contributed by atoms with E-state index >= 15 is 0 Å². The van der Waals surface area contributed by atoms with E-state index in [1.54, 1.807) is 25.4 Å². The zero-order valence-electron chi connectivity index (χ0n) is 17.8. The van der Waals surface area contributed by atoms with Gasteiger partial charge in [0.05, 0.1) is 13.8 Å². The van der Waals surface area contributed by atoms with E-state index in [1.165, 1.54) is 12.1 Å². The Kier molecular flexibility index (Phi) is 6.23. The van der Waals surface area contributed by atoms with Crippen molar-refractivity contribution in [2.45, 2.75) is 25.9 Å². The quantitative estimate of drug-likeness (QED) is 0.515. The van der Waals surface area contributed by atoms with Gasteiger partial charge in [0.1, 0.15) is 11.5 Å². The van der Waals surface area contributed by atoms with Gasteiger partial charge in [-0.25, -0.2) is 0 Å². The third-order valence-corrected chi connectivity index (χ3v) is 5.58. The van der Waals surface area contributed by atoms with Crippen molar-refractivity contribution in [3.63, 3.8) is 0 Å². The second-order valence-electron chi connectivity index (χ2n) is 7.76. The number of hydrogen-bond donors (Lipinski definition) is 0. The standard InChI is InChI=1S/C24H24F3N3O2/c1-17-14-30(20-5-9-22(10-6-20)32-24(25,26)27)16-29(17)15-19-11-12-28-13-23(19)18-3-7-21(31-2)8-4-18/h3-13,17H,14-16H2,1-2H3. The van der Waals surface area contributed by atoms with Crippen molar-refractivity contribution in [2.75, 3.05) is 25.2 Å². The molecule has 168 valence electrons. The average Bonchev–Trinajstić information content (AvgIpc) is 3.14. The Morgan fingerprint density at radius 3 is 2.34 bits per heavy atom. The molecule has 32 heavy (non-hydrogen) atoms. The molecule has 0 amide bonds. The van der Waals surface area contributed by atoms with Crippen LogP contribution in [0.3, 0.4) is 0 Å². The molecule has 1 fully saturated rings. The van der Waals surface area contributed by atoms with Crippen molar-refractivity contribution in [3.8, 4) is 22.6 Å². The first-order valence-electron chi connectivity index (χ1n) is 10.2. The molecule has 1 aromatic heterocycles. The number of nitrogens with zero attached hydrogens (tertiary/aromatic N) is 3. The third kappa shape index (κ3) is 5.13. The molecule has 1 atom stereocenters. The van der Waals surface area contributed by atoms with E-state index in [0.29, 0.717) is 6.67 Å². The number of halogens is 3. The molecule has 8 heteroatoms. The highest BCUT2D eigenvalue weighted by atomic mass is 19.4. The molecule has 1 aliphatic rings. The van der Waals surface area contributed by atoms with Gasteiger partial charge in [-0.2, -0.15) is 0 Å². The summed E-state index contributed by atoms with van der Waals surface area (Å²) in [6.07, 6.45) is -1.03. The van der Waals surface area contributed by atoms with Gasteiger partial charge in [0.15, 0.2) is 0 Å². The van der Waals surface area contributed by atoms with Gasteiger partial charge < -0.3 is 14.4 Å². The number of hydrogen-bond acceptors (Lipinski definition) is 5. The lowest BCUT2D eigenvalue weighted by atomic mass is 10.0. The summed E-state index contributed by atoms with van der Waals surface area (Å²) in [5, 5.41) is 0. The monoisotopic (exact) mass is 443 g/mol. The predicted molar refractivity (Wildman–Crippen MR) is 117 cm³/mol. The lowest BCUT2D eigenvalue weighted by Crippen LogP contribution is -2.28. The van der Waals surface area contributed by atoms with E-state index in [9.17, 15) is 13.2 Å². The summed E-state index contributed by atoms with van der Waals surface area (Å²) in [6.45, 7) is 4.33. The predicted octanol–water partition coefficient (Wildman–Crippen LogP) is 5.32. The van der Waals surface area contributed by atoms with Crippen molar-refractivity contribution in [1.29, 1.82) is 0 Å². The van der Waals surface area contributed by atoms with Crippen LogP contribution in [-0.2, 0) is 6.54 Å². The third-order valence-electron chi connectivity index (χ3n) is 5.58. The molecule has 2 heterocycles. The van der Waals surface area contributed by atoms with E-state index in [1.807, 2.05) is 36.5 Å². The van der Waals surface area contributed by atoms with Gasteiger partial charge in [-0.3, -0.25) is 9.88 Å². The molecule has 0 radical (unpaired) electrons. The fraction of sp³-hybridized carbons (Fsp3) is 0.292. The zero-order valence-corrected chi connectivity index (χ0v) is 17.8. The second kappa shape index (κ2) is 9.08. The van der Waals surface area contributed by atoms with Crippen LogP contribution in [0, 0.1) is 0 Å². The number of ether oxygens (including phenoxy) is 2. The molecule has 0 aliphatic carbocycles. The van der Waals surface area contributed by atoms with Crippen LogP contribution in [0.15, 0.2) is 67.0 Å². The van der Waals surface area contributed by atoms with Crippen LogP contribution >= 0.6 is 0 Å². The normalized spacial score (nSPS) is 16.9. The van der Waals surface area contributed by atoms with Crippen molar-refractivity contribution < 1.29 is 22.6 Å². The lowest BCUT2D eigenvalue weighted by molar-refractivity contribution is -0.274. The van der Waals surface area contributed by atoms with E-state index in [0.717, 1.165) is 41.2 Å². The van der Waals surface area contributed by atoms with E-state index in [-0.39, 0.29) is 11.8 Å². The highest BCUT2D eigenvalue weighted by Gasteiger charge is 2.31. The number of pyridine rings is 1. The zero-order chi connectivity index (χ0) is 22.7. The fourth-order valence-corrected chi connectivity index (χ4v) is 3.91. The Morgan fingerprint density at radius 2 is 1.69 bits per heavy atom. The van der Waals surface area contributed by atoms with Crippen LogP contribution < -0.4 is 14.4 Å². The summed E-state index contributed by atoms with van der Waals surface area (Å²) in [6, 6.07) is 16.2. The fourth-order valence-electron chi connectivity index (χ4n) is 3.91. The molecule has 0 saturated carbocycles. The Balaban J connectivity index is 1.47. The number of rotatable bonds is 6. The largest absolute Gasteiger partial charge is 0.573 e. The molecule has 0 N–H and O–H groups in total. The van der Waals surface area contributed by atoms with Gasteiger partial charge in [0.2, 0.25) is 0 Å². The van der Waals surface area contributed by atoms with Gasteiger partial charge >= 0.3 is 6.36 Å². The van der Waals surface area contributed by atoms with Gasteiger partial charge in [0.25, 0.3) is 0 Å². The molecule has 1 aliphatic heterocycles. The van der Waals surface area contributed by atoms with Crippen LogP contribution in [0.2, 0.25) is 0 Å². The number of benzene rings is 2. The Hall–Kier alpha value is -3.26. The molecule has 1 saturated heterocycles. The van der Waals surface area contributed by atoms with E-state index in [4.69, 9.17) is 4.74 Å². The summed E-state index contributed by atoms with van der Waals surface area (Å²) in [5.74, 6) is 0.584. The summed E-state index contributed by atoms with van der Waals surface area (Å²) < 4.78 is 46.4. The molecule has 1 unspecified atom stereocenters. The van der Waals surface area contributed by atoms with E-state index in [2.05, 4.69) is 26.4 Å². The van der Waals surface area contributed by atoms with Crippen molar-refractivity contribution >= 4 is 5.69 Å². The van der Waals surface area contributed by atoms with E-state index < -0.39 is 6.36 Å². The van der Waals surface area contributed by atoms with Crippen molar-refractivity contribution in [1.82, 2.24) is 9.88 Å². The summed E-state index contributed by atoms with van der Waals surface area (Å²) in [5.41, 5.74) is 4.15. The molecule has 0 spiro atoms. The maximum atomic E-state index is 12.4. The number of aromatic nitrogens is 1. The van der Waals surface area contributed by atoms with Crippen molar-refractivity contribution in [2.24, 2.45) is 0 Å². The molecule has 2 aromatic carbocycles. The highest BCUT2D eigenvalue weighted by molar-refractivity contribution is 5.67. The second-order valence-corrected chi connectivity index (χ2v) is 7.76.